The van der Waals surface area contributed by atoms with Gasteiger partial charge in [-0.05, 0) is 38.2 Å². The molecule has 0 bridgehead atoms. The highest BCUT2D eigenvalue weighted by Crippen LogP contribution is 2.17. The summed E-state index contributed by atoms with van der Waals surface area (Å²) in [6, 6.07) is 4.90. The predicted molar refractivity (Wildman–Crippen MR) is 75.0 cm³/mol. The number of rotatable bonds is 4. The van der Waals surface area contributed by atoms with Gasteiger partial charge in [0.2, 0.25) is 5.91 Å². The van der Waals surface area contributed by atoms with Crippen LogP contribution >= 0.6 is 12.2 Å². The van der Waals surface area contributed by atoms with Crippen LogP contribution in [-0.4, -0.2) is 21.5 Å². The lowest BCUT2D eigenvalue weighted by Crippen LogP contribution is -2.30. The highest BCUT2D eigenvalue weighted by atomic mass is 32.1. The van der Waals surface area contributed by atoms with E-state index >= 15 is 0 Å². The normalized spacial score (nSPS) is 11.2. The van der Waals surface area contributed by atoms with Gasteiger partial charge in [-0.25, -0.2) is 4.39 Å². The molecule has 1 heterocycles. The van der Waals surface area contributed by atoms with Crippen LogP contribution in [0.4, 0.5) is 4.39 Å². The second kappa shape index (κ2) is 5.52. The van der Waals surface area contributed by atoms with Gasteiger partial charge in [0.05, 0.1) is 5.52 Å². The molecular weight excluding hydrogens is 265 g/mol. The molecule has 0 saturated carbocycles. The first-order valence-corrected chi connectivity index (χ1v) is 6.56. The Kier molecular flexibility index (Phi) is 3.99. The summed E-state index contributed by atoms with van der Waals surface area (Å²) >= 11 is 5.16. The summed E-state index contributed by atoms with van der Waals surface area (Å²) in [4.78, 5) is 14.5. The first-order valence-electron chi connectivity index (χ1n) is 6.15. The Morgan fingerprint density at radius 2 is 2.26 bits per heavy atom. The van der Waals surface area contributed by atoms with Crippen LogP contribution in [0.1, 0.15) is 20.3 Å². The summed E-state index contributed by atoms with van der Waals surface area (Å²) in [6.45, 7) is 4.25. The number of aromatic amines is 1. The molecule has 2 aromatic rings. The molecular formula is C13H16FN3OS. The van der Waals surface area contributed by atoms with Gasteiger partial charge >= 0.3 is 0 Å². The first-order chi connectivity index (χ1) is 8.99. The van der Waals surface area contributed by atoms with Crippen molar-refractivity contribution in [2.75, 3.05) is 0 Å². The fourth-order valence-corrected chi connectivity index (χ4v) is 2.27. The van der Waals surface area contributed by atoms with Crippen LogP contribution in [0.3, 0.4) is 0 Å². The van der Waals surface area contributed by atoms with Crippen LogP contribution in [0.25, 0.3) is 11.0 Å². The van der Waals surface area contributed by atoms with Gasteiger partial charge in [-0.15, -0.1) is 0 Å². The van der Waals surface area contributed by atoms with E-state index in [0.717, 1.165) is 0 Å². The number of nitrogens with zero attached hydrogens (tertiary/aromatic N) is 1. The van der Waals surface area contributed by atoms with Crippen molar-refractivity contribution in [3.05, 3.63) is 28.8 Å². The molecule has 0 unspecified atom stereocenters. The Morgan fingerprint density at radius 3 is 2.95 bits per heavy atom. The van der Waals surface area contributed by atoms with Gasteiger partial charge in [0.15, 0.2) is 4.77 Å². The van der Waals surface area contributed by atoms with Crippen molar-refractivity contribution in [3.8, 4) is 0 Å². The molecule has 2 N–H and O–H groups in total. The zero-order valence-corrected chi connectivity index (χ0v) is 11.7. The number of carbonyl (C=O) groups is 1. The maximum atomic E-state index is 13.6. The summed E-state index contributed by atoms with van der Waals surface area (Å²) in [5.41, 5.74) is 1.07. The van der Waals surface area contributed by atoms with Crippen LogP contribution in [-0.2, 0) is 11.3 Å². The number of H-pyrrole nitrogens is 1. The minimum Gasteiger partial charge on any atom is -0.354 e. The number of aromatic nitrogens is 2. The third kappa shape index (κ3) is 3.01. The second-order valence-corrected chi connectivity index (χ2v) is 5.07. The number of halogens is 1. The van der Waals surface area contributed by atoms with Gasteiger partial charge in [0.1, 0.15) is 11.3 Å². The fraction of sp³-hybridized carbons (Fsp3) is 0.385. The van der Waals surface area contributed by atoms with Gasteiger partial charge in [0.25, 0.3) is 0 Å². The molecule has 102 valence electrons. The van der Waals surface area contributed by atoms with E-state index in [1.54, 1.807) is 16.7 Å². The van der Waals surface area contributed by atoms with Crippen LogP contribution in [0.5, 0.6) is 0 Å². The van der Waals surface area contributed by atoms with E-state index in [1.807, 2.05) is 13.8 Å². The van der Waals surface area contributed by atoms with Crippen molar-refractivity contribution in [1.29, 1.82) is 0 Å². The molecule has 0 atom stereocenters. The Labute approximate surface area is 115 Å². The van der Waals surface area contributed by atoms with E-state index in [2.05, 4.69) is 10.3 Å². The Morgan fingerprint density at radius 1 is 1.53 bits per heavy atom. The number of imidazole rings is 1. The van der Waals surface area contributed by atoms with Gasteiger partial charge in [0, 0.05) is 19.0 Å². The monoisotopic (exact) mass is 281 g/mol. The van der Waals surface area contributed by atoms with Gasteiger partial charge in [-0.3, -0.25) is 4.79 Å². The molecule has 6 heteroatoms. The fourth-order valence-electron chi connectivity index (χ4n) is 1.97. The number of aryl methyl sites for hydroxylation is 1. The lowest BCUT2D eigenvalue weighted by Gasteiger charge is -2.09. The molecule has 0 spiro atoms. The Balaban J connectivity index is 2.22. The van der Waals surface area contributed by atoms with Crippen LogP contribution in [0.15, 0.2) is 18.2 Å². The molecule has 1 amide bonds. The molecule has 4 nitrogen and oxygen atoms in total. The maximum Gasteiger partial charge on any atom is 0.221 e. The van der Waals surface area contributed by atoms with Crippen molar-refractivity contribution in [3.63, 3.8) is 0 Å². The maximum absolute atomic E-state index is 13.6. The number of nitrogens with one attached hydrogen (secondary N) is 2. The number of amides is 1. The average Bonchev–Trinajstić information content (AvgIpc) is 2.63. The van der Waals surface area contributed by atoms with Gasteiger partial charge in [-0.1, -0.05) is 6.07 Å². The van der Waals surface area contributed by atoms with E-state index in [1.165, 1.54) is 6.07 Å². The standard InChI is InChI=1S/C13H16FN3OS/c1-8(2)15-11(18)6-7-17-10-5-3-4-9(14)12(10)16-13(17)19/h3-5,8H,6-7H2,1-2H3,(H,15,18)(H,16,19). The SMILES string of the molecule is CC(C)NC(=O)CCn1c(=S)[nH]c2c(F)cccc21. The molecule has 0 saturated heterocycles. The van der Waals surface area contributed by atoms with E-state index in [9.17, 15) is 9.18 Å². The van der Waals surface area contributed by atoms with Crippen molar-refractivity contribution < 1.29 is 9.18 Å². The number of carbonyl (C=O) groups excluding carboxylic acids is 1. The van der Waals surface area contributed by atoms with Crippen molar-refractivity contribution in [2.45, 2.75) is 32.9 Å². The summed E-state index contributed by atoms with van der Waals surface area (Å²) in [5, 5.41) is 2.81. The average molecular weight is 281 g/mol. The lowest BCUT2D eigenvalue weighted by molar-refractivity contribution is -0.121. The predicted octanol–water partition coefficient (Wildman–Crippen LogP) is 2.75. The van der Waals surface area contributed by atoms with E-state index in [0.29, 0.717) is 28.8 Å². The minimum atomic E-state index is -0.339. The smallest absolute Gasteiger partial charge is 0.221 e. The zero-order valence-electron chi connectivity index (χ0n) is 10.9. The lowest BCUT2D eigenvalue weighted by atomic mass is 10.3. The molecule has 2 rings (SSSR count). The van der Waals surface area contributed by atoms with Crippen molar-refractivity contribution in [1.82, 2.24) is 14.9 Å². The Hall–Kier alpha value is -1.69. The Bertz CT molecular complexity index is 659. The quantitative estimate of drug-likeness (QED) is 0.847. The molecule has 0 fully saturated rings. The number of fused-ring (bicyclic) bond motifs is 1. The van der Waals surface area contributed by atoms with E-state index in [-0.39, 0.29) is 17.8 Å². The zero-order chi connectivity index (χ0) is 14.0. The van der Waals surface area contributed by atoms with Crippen LogP contribution in [0, 0.1) is 10.6 Å². The van der Waals surface area contributed by atoms with Crippen molar-refractivity contribution >= 4 is 29.2 Å². The summed E-state index contributed by atoms with van der Waals surface area (Å²) in [5.74, 6) is -0.378. The molecule has 19 heavy (non-hydrogen) atoms. The molecule has 0 aliphatic rings. The third-order valence-electron chi connectivity index (χ3n) is 2.77. The van der Waals surface area contributed by atoms with E-state index < -0.39 is 0 Å². The molecule has 1 aromatic heterocycles. The third-order valence-corrected chi connectivity index (χ3v) is 3.09. The number of hydrogen-bond donors (Lipinski definition) is 2. The molecule has 0 radical (unpaired) electrons. The highest BCUT2D eigenvalue weighted by molar-refractivity contribution is 7.71. The highest BCUT2D eigenvalue weighted by Gasteiger charge is 2.10. The summed E-state index contributed by atoms with van der Waals surface area (Å²) in [6.07, 6.45) is 0.315. The van der Waals surface area contributed by atoms with Crippen LogP contribution < -0.4 is 5.32 Å². The van der Waals surface area contributed by atoms with Crippen LogP contribution in [0.2, 0.25) is 0 Å². The van der Waals surface area contributed by atoms with E-state index in [4.69, 9.17) is 12.2 Å². The molecule has 1 aromatic carbocycles. The number of benzene rings is 1. The van der Waals surface area contributed by atoms with Crippen molar-refractivity contribution in [2.24, 2.45) is 0 Å². The summed E-state index contributed by atoms with van der Waals surface area (Å²) in [7, 11) is 0. The largest absolute Gasteiger partial charge is 0.354 e. The summed E-state index contributed by atoms with van der Waals surface area (Å²) < 4.78 is 15.8. The molecule has 0 aliphatic heterocycles. The van der Waals surface area contributed by atoms with Gasteiger partial charge < -0.3 is 14.9 Å². The minimum absolute atomic E-state index is 0.0392. The number of hydrogen-bond acceptors (Lipinski definition) is 2. The number of para-hydroxylation sites is 1. The molecule has 0 aliphatic carbocycles. The van der Waals surface area contributed by atoms with Gasteiger partial charge in [-0.2, -0.15) is 0 Å². The second-order valence-electron chi connectivity index (χ2n) is 4.69. The first kappa shape index (κ1) is 13.7. The topological polar surface area (TPSA) is 49.8 Å².